The third kappa shape index (κ3) is 2.25. The van der Waals surface area contributed by atoms with Crippen LogP contribution in [0.15, 0.2) is 14.3 Å². The second-order valence-electron chi connectivity index (χ2n) is 4.63. The molecule has 0 aliphatic heterocycles. The van der Waals surface area contributed by atoms with Crippen LogP contribution in [0.3, 0.4) is 0 Å². The number of aromatic nitrogens is 4. The Labute approximate surface area is 122 Å². The minimum absolute atomic E-state index is 0.192. The minimum atomic E-state index is -0.389. The summed E-state index contributed by atoms with van der Waals surface area (Å²) in [4.78, 5) is 28.3. The van der Waals surface area contributed by atoms with Crippen molar-refractivity contribution in [3.05, 3.63) is 25.6 Å². The zero-order valence-corrected chi connectivity index (χ0v) is 13.2. The number of hydrogen-bond donors (Lipinski definition) is 0. The van der Waals surface area contributed by atoms with Crippen LogP contribution in [0.25, 0.3) is 11.2 Å². The van der Waals surface area contributed by atoms with Crippen LogP contribution in [-0.4, -0.2) is 24.6 Å². The van der Waals surface area contributed by atoms with E-state index in [4.69, 9.17) is 11.6 Å². The fourth-order valence-corrected chi connectivity index (χ4v) is 2.53. The smallest absolute Gasteiger partial charge is 0.312 e. The third-order valence-corrected chi connectivity index (χ3v) is 4.19. The average molecular weight is 350 g/mol. The molecule has 0 fully saturated rings. The summed E-state index contributed by atoms with van der Waals surface area (Å²) in [7, 11) is 3.05. The number of imidazole rings is 1. The number of aryl methyl sites for hydroxylation is 1. The van der Waals surface area contributed by atoms with Gasteiger partial charge in [-0.25, -0.2) is 9.78 Å². The van der Waals surface area contributed by atoms with Gasteiger partial charge in [-0.05, 0) is 21.8 Å². The van der Waals surface area contributed by atoms with Crippen molar-refractivity contribution in [1.82, 2.24) is 18.7 Å². The van der Waals surface area contributed by atoms with E-state index in [-0.39, 0.29) is 17.2 Å². The van der Waals surface area contributed by atoms with Crippen LogP contribution in [0.2, 0.25) is 0 Å². The summed E-state index contributed by atoms with van der Waals surface area (Å²) in [6, 6.07) is 0. The highest BCUT2D eigenvalue weighted by atomic mass is 79.9. The molecule has 2 rings (SSSR count). The number of alkyl halides is 1. The molecule has 0 N–H and O–H groups in total. The molecule has 0 bridgehead atoms. The predicted molar refractivity (Wildman–Crippen MR) is 77.8 cm³/mol. The van der Waals surface area contributed by atoms with Crippen LogP contribution in [0.1, 0.15) is 6.92 Å². The van der Waals surface area contributed by atoms with Crippen LogP contribution >= 0.6 is 27.5 Å². The molecule has 0 aliphatic rings. The normalized spacial score (nSPS) is 13.1. The molecule has 0 spiro atoms. The van der Waals surface area contributed by atoms with E-state index >= 15 is 0 Å². The molecule has 0 unspecified atom stereocenters. The lowest BCUT2D eigenvalue weighted by Crippen LogP contribution is -2.37. The molecule has 19 heavy (non-hydrogen) atoms. The van der Waals surface area contributed by atoms with Crippen LogP contribution < -0.4 is 11.2 Å². The van der Waals surface area contributed by atoms with Crippen molar-refractivity contribution in [2.75, 3.05) is 5.88 Å². The lowest BCUT2D eigenvalue weighted by Gasteiger charge is -2.11. The van der Waals surface area contributed by atoms with Crippen molar-refractivity contribution in [2.45, 2.75) is 13.5 Å². The standard InChI is InChI=1S/C11H14BrClN4O2/c1-6(4-13)5-17-7-8(14-10(17)12)15(2)11(19)16(3)9(7)18/h6H,4-5H2,1-3H3/t6-/m0/s1. The van der Waals surface area contributed by atoms with Gasteiger partial charge in [-0.1, -0.05) is 6.92 Å². The highest BCUT2D eigenvalue weighted by molar-refractivity contribution is 9.10. The van der Waals surface area contributed by atoms with E-state index in [1.165, 1.54) is 11.6 Å². The molecular formula is C11H14BrClN4O2. The first kappa shape index (κ1) is 14.3. The largest absolute Gasteiger partial charge is 0.332 e. The predicted octanol–water partition coefficient (Wildman–Crippen LogP) is 1.07. The maximum absolute atomic E-state index is 12.2. The van der Waals surface area contributed by atoms with Gasteiger partial charge in [0.2, 0.25) is 0 Å². The summed E-state index contributed by atoms with van der Waals surface area (Å²) in [6.45, 7) is 2.55. The Balaban J connectivity index is 2.83. The summed E-state index contributed by atoms with van der Waals surface area (Å²) < 4.78 is 4.73. The Kier molecular flexibility index (Phi) is 3.87. The highest BCUT2D eigenvalue weighted by Crippen LogP contribution is 2.18. The first-order valence-corrected chi connectivity index (χ1v) is 7.09. The number of hydrogen-bond acceptors (Lipinski definition) is 3. The van der Waals surface area contributed by atoms with E-state index in [1.807, 2.05) is 6.92 Å². The average Bonchev–Trinajstić information content (AvgIpc) is 2.71. The van der Waals surface area contributed by atoms with Gasteiger partial charge >= 0.3 is 5.69 Å². The lowest BCUT2D eigenvalue weighted by atomic mass is 10.2. The van der Waals surface area contributed by atoms with Crippen molar-refractivity contribution in [3.63, 3.8) is 0 Å². The zero-order valence-electron chi connectivity index (χ0n) is 10.9. The zero-order chi connectivity index (χ0) is 14.3. The molecule has 0 amide bonds. The molecule has 0 aliphatic carbocycles. The molecule has 8 heteroatoms. The fourth-order valence-electron chi connectivity index (χ4n) is 1.95. The van der Waals surface area contributed by atoms with E-state index < -0.39 is 0 Å². The van der Waals surface area contributed by atoms with Crippen molar-refractivity contribution in [2.24, 2.45) is 20.0 Å². The van der Waals surface area contributed by atoms with E-state index in [1.54, 1.807) is 11.6 Å². The van der Waals surface area contributed by atoms with Crippen LogP contribution in [0.5, 0.6) is 0 Å². The molecule has 0 saturated carbocycles. The van der Waals surface area contributed by atoms with Gasteiger partial charge in [0.15, 0.2) is 15.9 Å². The van der Waals surface area contributed by atoms with Crippen LogP contribution in [0, 0.1) is 5.92 Å². The molecule has 0 aromatic carbocycles. The molecule has 0 radical (unpaired) electrons. The minimum Gasteiger partial charge on any atom is -0.312 e. The van der Waals surface area contributed by atoms with E-state index in [2.05, 4.69) is 20.9 Å². The van der Waals surface area contributed by atoms with Gasteiger partial charge in [0.1, 0.15) is 0 Å². The van der Waals surface area contributed by atoms with Gasteiger partial charge in [0.05, 0.1) is 0 Å². The van der Waals surface area contributed by atoms with Gasteiger partial charge in [-0.3, -0.25) is 13.9 Å². The summed E-state index contributed by atoms with van der Waals surface area (Å²) in [5, 5.41) is 0. The molecule has 0 saturated heterocycles. The van der Waals surface area contributed by atoms with Gasteiger partial charge in [0, 0.05) is 26.5 Å². The number of nitrogens with zero attached hydrogens (tertiary/aromatic N) is 4. The summed E-state index contributed by atoms with van der Waals surface area (Å²) in [5.41, 5.74) is 0.0494. The van der Waals surface area contributed by atoms with Gasteiger partial charge in [0.25, 0.3) is 5.56 Å². The third-order valence-electron chi connectivity index (χ3n) is 3.06. The summed E-state index contributed by atoms with van der Waals surface area (Å²) in [6.07, 6.45) is 0. The number of rotatable bonds is 3. The summed E-state index contributed by atoms with van der Waals surface area (Å²) >= 11 is 9.14. The molecule has 1 atom stereocenters. The second-order valence-corrected chi connectivity index (χ2v) is 5.65. The van der Waals surface area contributed by atoms with Crippen molar-refractivity contribution < 1.29 is 0 Å². The first-order valence-electron chi connectivity index (χ1n) is 5.76. The maximum atomic E-state index is 12.2. The second kappa shape index (κ2) is 5.13. The fraction of sp³-hybridized carbons (Fsp3) is 0.545. The maximum Gasteiger partial charge on any atom is 0.332 e. The van der Waals surface area contributed by atoms with Crippen LogP contribution in [-0.2, 0) is 20.6 Å². The molecule has 104 valence electrons. The van der Waals surface area contributed by atoms with Gasteiger partial charge in [-0.2, -0.15) is 0 Å². The van der Waals surface area contributed by atoms with Crippen molar-refractivity contribution >= 4 is 38.7 Å². The lowest BCUT2D eigenvalue weighted by molar-refractivity contribution is 0.529. The molecule has 2 aromatic heterocycles. The highest BCUT2D eigenvalue weighted by Gasteiger charge is 2.18. The summed E-state index contributed by atoms with van der Waals surface area (Å²) in [5.74, 6) is 0.676. The molecule has 6 nitrogen and oxygen atoms in total. The molecule has 2 heterocycles. The molecule has 2 aromatic rings. The Morgan fingerprint density at radius 1 is 1.32 bits per heavy atom. The number of halogens is 2. The van der Waals surface area contributed by atoms with Crippen LogP contribution in [0.4, 0.5) is 0 Å². The Bertz CT molecular complexity index is 746. The van der Waals surface area contributed by atoms with E-state index in [0.29, 0.717) is 28.3 Å². The van der Waals surface area contributed by atoms with Crippen molar-refractivity contribution in [3.8, 4) is 0 Å². The monoisotopic (exact) mass is 348 g/mol. The Morgan fingerprint density at radius 3 is 2.53 bits per heavy atom. The van der Waals surface area contributed by atoms with E-state index in [9.17, 15) is 9.59 Å². The van der Waals surface area contributed by atoms with E-state index in [0.717, 1.165) is 4.57 Å². The Morgan fingerprint density at radius 2 is 1.95 bits per heavy atom. The van der Waals surface area contributed by atoms with Crippen molar-refractivity contribution in [1.29, 1.82) is 0 Å². The number of fused-ring (bicyclic) bond motifs is 1. The first-order chi connectivity index (χ1) is 8.88. The van der Waals surface area contributed by atoms with Gasteiger partial charge < -0.3 is 4.57 Å². The SMILES string of the molecule is C[C@@H](CCl)Cn1c(Br)nc2c1c(=O)n(C)c(=O)n2C. The topological polar surface area (TPSA) is 61.8 Å². The quantitative estimate of drug-likeness (QED) is 0.615. The van der Waals surface area contributed by atoms with Gasteiger partial charge in [-0.15, -0.1) is 11.6 Å². The Hall–Kier alpha value is -1.08. The molecular weight excluding hydrogens is 336 g/mol.